The molecule has 0 heterocycles. The zero-order valence-electron chi connectivity index (χ0n) is 12.8. The van der Waals surface area contributed by atoms with Crippen LogP contribution in [0.5, 0.6) is 0 Å². The predicted molar refractivity (Wildman–Crippen MR) is 89.5 cm³/mol. The van der Waals surface area contributed by atoms with E-state index in [4.69, 9.17) is 16.3 Å². The van der Waals surface area contributed by atoms with Crippen molar-refractivity contribution < 1.29 is 14.3 Å². The molecule has 0 aliphatic carbocycles. The van der Waals surface area contributed by atoms with Crippen molar-refractivity contribution >= 4 is 23.5 Å². The second-order valence-corrected chi connectivity index (χ2v) is 5.52. The maximum absolute atomic E-state index is 12.2. The SMILES string of the molecule is COC(=O)C(CCc1ccccc1)NC(=O)c1ccc(Cl)cc1. The van der Waals surface area contributed by atoms with Crippen LogP contribution in [-0.2, 0) is 16.0 Å². The topological polar surface area (TPSA) is 55.4 Å². The lowest BCUT2D eigenvalue weighted by Gasteiger charge is -2.16. The van der Waals surface area contributed by atoms with E-state index in [0.717, 1.165) is 5.56 Å². The van der Waals surface area contributed by atoms with E-state index in [2.05, 4.69) is 5.32 Å². The van der Waals surface area contributed by atoms with Gasteiger partial charge in [0.1, 0.15) is 6.04 Å². The van der Waals surface area contributed by atoms with Crippen molar-refractivity contribution in [1.29, 1.82) is 0 Å². The maximum Gasteiger partial charge on any atom is 0.328 e. The van der Waals surface area contributed by atoms with Crippen LogP contribution in [-0.4, -0.2) is 25.0 Å². The molecule has 2 aromatic rings. The van der Waals surface area contributed by atoms with E-state index >= 15 is 0 Å². The number of carbonyl (C=O) groups is 2. The lowest BCUT2D eigenvalue weighted by Crippen LogP contribution is -2.41. The zero-order chi connectivity index (χ0) is 16.7. The number of aryl methyl sites for hydroxylation is 1. The Morgan fingerprint density at radius 2 is 1.74 bits per heavy atom. The van der Waals surface area contributed by atoms with Crippen LogP contribution in [0.25, 0.3) is 0 Å². The zero-order valence-corrected chi connectivity index (χ0v) is 13.5. The van der Waals surface area contributed by atoms with Crippen molar-refractivity contribution in [1.82, 2.24) is 5.32 Å². The largest absolute Gasteiger partial charge is 0.467 e. The van der Waals surface area contributed by atoms with Crippen LogP contribution < -0.4 is 5.32 Å². The highest BCUT2D eigenvalue weighted by Crippen LogP contribution is 2.11. The van der Waals surface area contributed by atoms with Crippen LogP contribution in [0.15, 0.2) is 54.6 Å². The molecule has 0 aromatic heterocycles. The first kappa shape index (κ1) is 17.0. The van der Waals surface area contributed by atoms with E-state index in [-0.39, 0.29) is 5.91 Å². The third-order valence-corrected chi connectivity index (χ3v) is 3.71. The van der Waals surface area contributed by atoms with Crippen molar-refractivity contribution in [3.8, 4) is 0 Å². The van der Waals surface area contributed by atoms with Gasteiger partial charge in [-0.2, -0.15) is 0 Å². The molecule has 0 spiro atoms. The molecule has 0 aliphatic rings. The molecule has 2 aromatic carbocycles. The summed E-state index contributed by atoms with van der Waals surface area (Å²) >= 11 is 5.81. The summed E-state index contributed by atoms with van der Waals surface area (Å²) < 4.78 is 4.78. The Morgan fingerprint density at radius 3 is 2.35 bits per heavy atom. The van der Waals surface area contributed by atoms with Crippen LogP contribution in [0.2, 0.25) is 5.02 Å². The highest BCUT2D eigenvalue weighted by Gasteiger charge is 2.21. The second kappa shape index (κ2) is 8.34. The van der Waals surface area contributed by atoms with Crippen molar-refractivity contribution in [2.75, 3.05) is 7.11 Å². The molecule has 5 heteroatoms. The number of amides is 1. The van der Waals surface area contributed by atoms with Crippen molar-refractivity contribution in [3.05, 3.63) is 70.7 Å². The maximum atomic E-state index is 12.2. The average molecular weight is 332 g/mol. The number of hydrogen-bond donors (Lipinski definition) is 1. The summed E-state index contributed by atoms with van der Waals surface area (Å²) in [6, 6.07) is 15.6. The van der Waals surface area contributed by atoms with E-state index in [0.29, 0.717) is 23.4 Å². The molecule has 1 N–H and O–H groups in total. The van der Waals surface area contributed by atoms with Gasteiger partial charge >= 0.3 is 5.97 Å². The minimum Gasteiger partial charge on any atom is -0.467 e. The van der Waals surface area contributed by atoms with Gasteiger partial charge in [-0.1, -0.05) is 41.9 Å². The lowest BCUT2D eigenvalue weighted by molar-refractivity contribution is -0.143. The number of halogens is 1. The number of esters is 1. The molecule has 0 fully saturated rings. The number of carbonyl (C=O) groups excluding carboxylic acids is 2. The molecule has 0 saturated heterocycles. The van der Waals surface area contributed by atoms with Gasteiger partial charge in [0, 0.05) is 10.6 Å². The van der Waals surface area contributed by atoms with Gasteiger partial charge < -0.3 is 10.1 Å². The highest BCUT2D eigenvalue weighted by molar-refractivity contribution is 6.30. The fourth-order valence-corrected chi connectivity index (χ4v) is 2.32. The van der Waals surface area contributed by atoms with Crippen LogP contribution in [0.1, 0.15) is 22.3 Å². The van der Waals surface area contributed by atoms with Crippen LogP contribution in [0.3, 0.4) is 0 Å². The van der Waals surface area contributed by atoms with Gasteiger partial charge in [-0.15, -0.1) is 0 Å². The molecule has 1 amide bonds. The molecule has 0 bridgehead atoms. The number of benzene rings is 2. The highest BCUT2D eigenvalue weighted by atomic mass is 35.5. The van der Waals surface area contributed by atoms with Crippen LogP contribution >= 0.6 is 11.6 Å². The molecule has 0 radical (unpaired) electrons. The number of methoxy groups -OCH3 is 1. The monoisotopic (exact) mass is 331 g/mol. The molecular formula is C18H18ClNO3. The number of nitrogens with one attached hydrogen (secondary N) is 1. The average Bonchev–Trinajstić information content (AvgIpc) is 2.59. The summed E-state index contributed by atoms with van der Waals surface area (Å²) in [5.74, 6) is -0.784. The second-order valence-electron chi connectivity index (χ2n) is 5.08. The number of ether oxygens (including phenoxy) is 1. The van der Waals surface area contributed by atoms with Gasteiger partial charge in [-0.3, -0.25) is 4.79 Å². The van der Waals surface area contributed by atoms with E-state index in [1.165, 1.54) is 7.11 Å². The van der Waals surface area contributed by atoms with Gasteiger partial charge in [0.15, 0.2) is 0 Å². The number of rotatable bonds is 6. The summed E-state index contributed by atoms with van der Waals surface area (Å²) in [6.45, 7) is 0. The van der Waals surface area contributed by atoms with Gasteiger partial charge in [0.05, 0.1) is 7.11 Å². The van der Waals surface area contributed by atoms with Crippen LogP contribution in [0.4, 0.5) is 0 Å². The van der Waals surface area contributed by atoms with E-state index < -0.39 is 12.0 Å². The first-order chi connectivity index (χ1) is 11.1. The number of hydrogen-bond acceptors (Lipinski definition) is 3. The molecule has 2 rings (SSSR count). The van der Waals surface area contributed by atoms with Gasteiger partial charge in [-0.05, 0) is 42.7 Å². The first-order valence-electron chi connectivity index (χ1n) is 7.28. The summed E-state index contributed by atoms with van der Waals surface area (Å²) in [7, 11) is 1.31. The molecule has 120 valence electrons. The third kappa shape index (κ3) is 5.11. The molecule has 1 unspecified atom stereocenters. The summed E-state index contributed by atoms with van der Waals surface area (Å²) in [5.41, 5.74) is 1.55. The fourth-order valence-electron chi connectivity index (χ4n) is 2.19. The minimum absolute atomic E-state index is 0.329. The van der Waals surface area contributed by atoms with Crippen LogP contribution in [0, 0.1) is 0 Å². The molecular weight excluding hydrogens is 314 g/mol. The molecule has 0 saturated carbocycles. The quantitative estimate of drug-likeness (QED) is 0.827. The van der Waals surface area contributed by atoms with E-state index in [1.807, 2.05) is 30.3 Å². The molecule has 23 heavy (non-hydrogen) atoms. The summed E-state index contributed by atoms with van der Waals surface area (Å²) in [5, 5.41) is 3.27. The van der Waals surface area contributed by atoms with Crippen molar-refractivity contribution in [2.24, 2.45) is 0 Å². The predicted octanol–water partition coefficient (Wildman–Crippen LogP) is 3.24. The van der Waals surface area contributed by atoms with E-state index in [1.54, 1.807) is 24.3 Å². The first-order valence-corrected chi connectivity index (χ1v) is 7.66. The Hall–Kier alpha value is -2.33. The van der Waals surface area contributed by atoms with Gasteiger partial charge in [0.2, 0.25) is 0 Å². The summed E-state index contributed by atoms with van der Waals surface area (Å²) in [6.07, 6.45) is 1.14. The Morgan fingerprint density at radius 1 is 1.09 bits per heavy atom. The van der Waals surface area contributed by atoms with Gasteiger partial charge in [0.25, 0.3) is 5.91 Å². The van der Waals surface area contributed by atoms with Crippen molar-refractivity contribution in [3.63, 3.8) is 0 Å². The Bertz CT molecular complexity index is 656. The third-order valence-electron chi connectivity index (χ3n) is 3.46. The van der Waals surface area contributed by atoms with Crippen molar-refractivity contribution in [2.45, 2.75) is 18.9 Å². The Labute approximate surface area is 140 Å². The Balaban J connectivity index is 2.02. The smallest absolute Gasteiger partial charge is 0.328 e. The summed E-state index contributed by atoms with van der Waals surface area (Å²) in [4.78, 5) is 24.1. The normalized spacial score (nSPS) is 11.6. The Kier molecular flexibility index (Phi) is 6.18. The standard InChI is InChI=1S/C18H18ClNO3/c1-23-18(22)16(12-7-13-5-3-2-4-6-13)20-17(21)14-8-10-15(19)11-9-14/h2-6,8-11,16H,7,12H2,1H3,(H,20,21). The van der Waals surface area contributed by atoms with Gasteiger partial charge in [-0.25, -0.2) is 4.79 Å². The minimum atomic E-state index is -0.691. The molecule has 1 atom stereocenters. The molecule has 4 nitrogen and oxygen atoms in total. The lowest BCUT2D eigenvalue weighted by atomic mass is 10.0. The van der Waals surface area contributed by atoms with E-state index in [9.17, 15) is 9.59 Å². The molecule has 0 aliphatic heterocycles. The fraction of sp³-hybridized carbons (Fsp3) is 0.222.